The molecule has 1 aliphatic rings. The monoisotopic (exact) mass is 248 g/mol. The lowest BCUT2D eigenvalue weighted by Crippen LogP contribution is -2.22. The smallest absolute Gasteiger partial charge is 0.127 e. The number of rotatable bonds is 2. The van der Waals surface area contributed by atoms with Gasteiger partial charge in [-0.05, 0) is 54.5 Å². The normalized spacial score (nSPS) is 20.4. The van der Waals surface area contributed by atoms with Crippen molar-refractivity contribution in [2.45, 2.75) is 40.0 Å². The fraction of sp³-hybridized carbons (Fsp3) is 0.500. The summed E-state index contributed by atoms with van der Waals surface area (Å²) in [5.74, 6) is 2.23. The molecular weight excluding hydrogens is 227 g/mol. The molecule has 0 heterocycles. The van der Waals surface area contributed by atoms with E-state index in [-0.39, 0.29) is 5.82 Å². The van der Waals surface area contributed by atoms with Gasteiger partial charge in [0.05, 0.1) is 0 Å². The van der Waals surface area contributed by atoms with Gasteiger partial charge >= 0.3 is 0 Å². The van der Waals surface area contributed by atoms with E-state index in [2.05, 4.69) is 26.8 Å². The maximum absolute atomic E-state index is 12.8. The van der Waals surface area contributed by atoms with Crippen molar-refractivity contribution in [3.63, 3.8) is 0 Å². The third kappa shape index (κ3) is 3.34. The molecule has 1 aliphatic carbocycles. The summed E-state index contributed by atoms with van der Waals surface area (Å²) in [4.78, 5) is 0. The Morgan fingerprint density at radius 3 is 2.33 bits per heavy atom. The molecule has 0 radical (unpaired) electrons. The Kier molecular flexibility index (Phi) is 3.74. The van der Waals surface area contributed by atoms with Gasteiger partial charge in [-0.15, -0.1) is 0 Å². The number of hydrogen-bond donors (Lipinski definition) is 0. The molecule has 0 amide bonds. The molecule has 0 saturated carbocycles. The second-order valence-electron chi connectivity index (χ2n) is 6.06. The molecule has 1 unspecified atom stereocenters. The minimum Gasteiger partial charge on any atom is -0.462 e. The number of benzene rings is 1. The van der Waals surface area contributed by atoms with Crippen LogP contribution in [0.1, 0.15) is 40.0 Å². The largest absolute Gasteiger partial charge is 0.462 e. The van der Waals surface area contributed by atoms with E-state index in [1.807, 2.05) is 0 Å². The third-order valence-electron chi connectivity index (χ3n) is 3.66. The maximum atomic E-state index is 12.8. The van der Waals surface area contributed by atoms with Crippen LogP contribution in [0.25, 0.3) is 0 Å². The van der Waals surface area contributed by atoms with Gasteiger partial charge in [0.1, 0.15) is 17.3 Å². The third-order valence-corrected chi connectivity index (χ3v) is 3.66. The fourth-order valence-electron chi connectivity index (χ4n) is 2.34. The van der Waals surface area contributed by atoms with Crippen molar-refractivity contribution in [1.82, 2.24) is 0 Å². The first-order valence-corrected chi connectivity index (χ1v) is 6.57. The van der Waals surface area contributed by atoms with Crippen LogP contribution >= 0.6 is 0 Å². The minimum absolute atomic E-state index is 0.229. The molecule has 98 valence electrons. The molecule has 0 fully saturated rings. The Morgan fingerprint density at radius 1 is 1.17 bits per heavy atom. The molecule has 1 aromatic carbocycles. The van der Waals surface area contributed by atoms with Crippen molar-refractivity contribution in [2.75, 3.05) is 0 Å². The Hall–Kier alpha value is -1.31. The minimum atomic E-state index is -0.229. The van der Waals surface area contributed by atoms with E-state index in [0.717, 1.165) is 36.7 Å². The first kappa shape index (κ1) is 13.1. The van der Waals surface area contributed by atoms with E-state index in [0.29, 0.717) is 5.41 Å². The second-order valence-corrected chi connectivity index (χ2v) is 6.06. The van der Waals surface area contributed by atoms with E-state index in [1.54, 1.807) is 12.1 Å². The van der Waals surface area contributed by atoms with Gasteiger partial charge in [-0.3, -0.25) is 0 Å². The zero-order valence-electron chi connectivity index (χ0n) is 11.4. The van der Waals surface area contributed by atoms with Gasteiger partial charge in [0.15, 0.2) is 0 Å². The van der Waals surface area contributed by atoms with Crippen molar-refractivity contribution >= 4 is 0 Å². The first-order chi connectivity index (χ1) is 8.45. The Balaban J connectivity index is 1.96. The molecule has 0 spiro atoms. The number of halogens is 1. The van der Waals surface area contributed by atoms with Crippen LogP contribution in [0.5, 0.6) is 5.75 Å². The number of ether oxygens (including phenoxy) is 1. The SMILES string of the molecule is CC(C)(C)C1CC=C(Oc2ccc(F)cc2)CC1. The van der Waals surface area contributed by atoms with Gasteiger partial charge in [-0.25, -0.2) is 4.39 Å². The van der Waals surface area contributed by atoms with E-state index in [9.17, 15) is 4.39 Å². The number of hydrogen-bond acceptors (Lipinski definition) is 1. The van der Waals surface area contributed by atoms with E-state index in [4.69, 9.17) is 4.74 Å². The van der Waals surface area contributed by atoms with Crippen LogP contribution in [0.15, 0.2) is 36.1 Å². The topological polar surface area (TPSA) is 9.23 Å². The van der Waals surface area contributed by atoms with E-state index in [1.165, 1.54) is 12.1 Å². The molecule has 2 heteroatoms. The molecule has 0 N–H and O–H groups in total. The summed E-state index contributed by atoms with van der Waals surface area (Å²) in [5.41, 5.74) is 0.359. The van der Waals surface area contributed by atoms with Gasteiger partial charge in [-0.1, -0.05) is 20.8 Å². The summed E-state index contributed by atoms with van der Waals surface area (Å²) in [6.45, 7) is 6.87. The lowest BCUT2D eigenvalue weighted by atomic mass is 9.74. The first-order valence-electron chi connectivity index (χ1n) is 6.57. The molecule has 0 bridgehead atoms. The lowest BCUT2D eigenvalue weighted by molar-refractivity contribution is 0.206. The lowest BCUT2D eigenvalue weighted by Gasteiger charge is -2.33. The van der Waals surface area contributed by atoms with E-state index >= 15 is 0 Å². The molecule has 0 aliphatic heterocycles. The maximum Gasteiger partial charge on any atom is 0.127 e. The highest BCUT2D eigenvalue weighted by molar-refractivity contribution is 5.24. The van der Waals surface area contributed by atoms with Crippen LogP contribution in [0, 0.1) is 17.2 Å². The molecule has 1 atom stereocenters. The zero-order valence-corrected chi connectivity index (χ0v) is 11.4. The average molecular weight is 248 g/mol. The molecule has 1 nitrogen and oxygen atoms in total. The Labute approximate surface area is 109 Å². The quantitative estimate of drug-likeness (QED) is 0.720. The summed E-state index contributed by atoms with van der Waals surface area (Å²) in [6, 6.07) is 6.20. The second kappa shape index (κ2) is 5.13. The highest BCUT2D eigenvalue weighted by Gasteiger charge is 2.26. The summed E-state index contributed by atoms with van der Waals surface area (Å²) in [7, 11) is 0. The summed E-state index contributed by atoms with van der Waals surface area (Å²) >= 11 is 0. The Morgan fingerprint density at radius 2 is 1.83 bits per heavy atom. The van der Waals surface area contributed by atoms with Crippen LogP contribution in [0.4, 0.5) is 4.39 Å². The van der Waals surface area contributed by atoms with Gasteiger partial charge < -0.3 is 4.74 Å². The highest BCUT2D eigenvalue weighted by atomic mass is 19.1. The van der Waals surface area contributed by atoms with Gasteiger partial charge in [-0.2, -0.15) is 0 Å². The molecule has 1 aromatic rings. The van der Waals surface area contributed by atoms with Crippen molar-refractivity contribution in [1.29, 1.82) is 0 Å². The molecule has 2 rings (SSSR count). The number of allylic oxidation sites excluding steroid dienone is 2. The summed E-state index contributed by atoms with van der Waals surface area (Å²) < 4.78 is 18.5. The summed E-state index contributed by atoms with van der Waals surface area (Å²) in [5, 5.41) is 0. The van der Waals surface area contributed by atoms with Crippen LogP contribution < -0.4 is 4.74 Å². The molecule has 18 heavy (non-hydrogen) atoms. The average Bonchev–Trinajstić information content (AvgIpc) is 2.32. The summed E-state index contributed by atoms with van der Waals surface area (Å²) in [6.07, 6.45) is 5.39. The fourth-order valence-corrected chi connectivity index (χ4v) is 2.34. The van der Waals surface area contributed by atoms with Gasteiger partial charge in [0.25, 0.3) is 0 Å². The van der Waals surface area contributed by atoms with Crippen LogP contribution in [-0.4, -0.2) is 0 Å². The van der Waals surface area contributed by atoms with Crippen LogP contribution in [-0.2, 0) is 0 Å². The standard InChI is InChI=1S/C16H21FO/c1-16(2,3)12-4-8-14(9-5-12)18-15-10-6-13(17)7-11-15/h6-8,10-12H,4-5,9H2,1-3H3. The molecule has 0 saturated heterocycles. The van der Waals surface area contributed by atoms with Crippen molar-refractivity contribution in [2.24, 2.45) is 11.3 Å². The van der Waals surface area contributed by atoms with Crippen molar-refractivity contribution in [3.8, 4) is 5.75 Å². The molecular formula is C16H21FO. The van der Waals surface area contributed by atoms with Gasteiger partial charge in [0, 0.05) is 6.42 Å². The van der Waals surface area contributed by atoms with Gasteiger partial charge in [0.2, 0.25) is 0 Å². The Bertz CT molecular complexity index is 425. The predicted octanol–water partition coefficient (Wildman–Crippen LogP) is 4.93. The highest BCUT2D eigenvalue weighted by Crippen LogP contribution is 2.37. The molecule has 0 aromatic heterocycles. The van der Waals surface area contributed by atoms with Crippen molar-refractivity contribution in [3.05, 3.63) is 41.9 Å². The van der Waals surface area contributed by atoms with E-state index < -0.39 is 0 Å². The van der Waals surface area contributed by atoms with Crippen molar-refractivity contribution < 1.29 is 9.13 Å². The van der Waals surface area contributed by atoms with Crippen LogP contribution in [0.3, 0.4) is 0 Å². The predicted molar refractivity (Wildman–Crippen MR) is 71.9 cm³/mol. The zero-order chi connectivity index (χ0) is 13.2. The van der Waals surface area contributed by atoms with Crippen LogP contribution in [0.2, 0.25) is 0 Å².